The standard InChI is InChI=1S/C20H46O9PSi2/c1-19(2,3)31(7,8)28-13-17(21)11-24-15-26-30(23)27-16-25-12-18(22)14-29-32(9,10)20(4,5)6/h17-18,21-22H,11-16H2,1-10H3/q+1. The van der Waals surface area contributed by atoms with Crippen LogP contribution in [0.15, 0.2) is 0 Å². The number of aliphatic hydroxyl groups is 2. The number of rotatable bonds is 16. The molecule has 2 atom stereocenters. The van der Waals surface area contributed by atoms with E-state index < -0.39 is 37.1 Å². The Labute approximate surface area is 197 Å². The summed E-state index contributed by atoms with van der Waals surface area (Å²) >= 11 is 0. The van der Waals surface area contributed by atoms with E-state index in [1.165, 1.54) is 0 Å². The first-order chi connectivity index (χ1) is 14.4. The van der Waals surface area contributed by atoms with Crippen molar-refractivity contribution in [2.24, 2.45) is 0 Å². The SMILES string of the molecule is CC(C)(C)[Si](C)(C)OCC(O)COCO[P+](=O)OCOCC(O)CO[Si](C)(C)C(C)(C)C. The highest BCUT2D eigenvalue weighted by atomic mass is 31.1. The molecule has 0 heterocycles. The van der Waals surface area contributed by atoms with Crippen molar-refractivity contribution in [3.63, 3.8) is 0 Å². The average Bonchev–Trinajstić information content (AvgIpc) is 2.63. The van der Waals surface area contributed by atoms with E-state index in [2.05, 4.69) is 67.7 Å². The normalized spacial score (nSPS) is 16.2. The lowest BCUT2D eigenvalue weighted by Gasteiger charge is -2.36. The summed E-state index contributed by atoms with van der Waals surface area (Å²) < 4.78 is 43.6. The maximum absolute atomic E-state index is 11.6. The first-order valence-electron chi connectivity index (χ1n) is 10.9. The summed E-state index contributed by atoms with van der Waals surface area (Å²) in [4.78, 5) is 0. The minimum absolute atomic E-state index is 0.00524. The molecule has 0 saturated heterocycles. The number of aliphatic hydroxyl groups excluding tert-OH is 2. The molecule has 2 unspecified atom stereocenters. The van der Waals surface area contributed by atoms with Gasteiger partial charge in [-0.25, -0.2) is 0 Å². The Bertz CT molecular complexity index is 502. The molecule has 0 spiro atoms. The van der Waals surface area contributed by atoms with Gasteiger partial charge in [-0.3, -0.25) is 0 Å². The van der Waals surface area contributed by atoms with E-state index in [0.717, 1.165) is 0 Å². The fourth-order valence-electron chi connectivity index (χ4n) is 1.70. The van der Waals surface area contributed by atoms with E-state index in [4.69, 9.17) is 27.4 Å². The summed E-state index contributed by atoms with van der Waals surface area (Å²) in [6.45, 7) is 20.9. The fourth-order valence-corrected chi connectivity index (χ4v) is 4.18. The van der Waals surface area contributed by atoms with Gasteiger partial charge < -0.3 is 28.5 Å². The molecular weight excluding hydrogens is 471 g/mol. The monoisotopic (exact) mass is 517 g/mol. The Kier molecular flexibility index (Phi) is 14.0. The van der Waals surface area contributed by atoms with Crippen LogP contribution in [0.2, 0.25) is 36.3 Å². The van der Waals surface area contributed by atoms with Crippen LogP contribution >= 0.6 is 8.25 Å². The molecule has 0 aliphatic heterocycles. The van der Waals surface area contributed by atoms with Crippen LogP contribution in [0, 0.1) is 0 Å². The van der Waals surface area contributed by atoms with Crippen molar-refractivity contribution in [1.82, 2.24) is 0 Å². The van der Waals surface area contributed by atoms with Crippen LogP contribution < -0.4 is 0 Å². The van der Waals surface area contributed by atoms with Crippen molar-refractivity contribution in [2.75, 3.05) is 40.0 Å². The third kappa shape index (κ3) is 13.2. The predicted molar refractivity (Wildman–Crippen MR) is 130 cm³/mol. The lowest BCUT2D eigenvalue weighted by atomic mass is 10.2. The van der Waals surface area contributed by atoms with Gasteiger partial charge in [0.2, 0.25) is 13.6 Å². The van der Waals surface area contributed by atoms with Crippen LogP contribution in [0.5, 0.6) is 0 Å². The zero-order chi connectivity index (χ0) is 25.2. The van der Waals surface area contributed by atoms with Crippen molar-refractivity contribution >= 4 is 24.9 Å². The Morgan fingerprint density at radius 2 is 1.00 bits per heavy atom. The van der Waals surface area contributed by atoms with Gasteiger partial charge >= 0.3 is 8.25 Å². The molecule has 0 aliphatic carbocycles. The second-order valence-electron chi connectivity index (χ2n) is 10.9. The zero-order valence-electron chi connectivity index (χ0n) is 21.6. The van der Waals surface area contributed by atoms with Crippen molar-refractivity contribution < 1.29 is 42.2 Å². The van der Waals surface area contributed by atoms with Gasteiger partial charge in [0.15, 0.2) is 16.6 Å². The van der Waals surface area contributed by atoms with Gasteiger partial charge in [0, 0.05) is 4.57 Å². The molecule has 32 heavy (non-hydrogen) atoms. The maximum atomic E-state index is 11.6. The minimum Gasteiger partial charge on any atom is -0.414 e. The van der Waals surface area contributed by atoms with Crippen molar-refractivity contribution in [3.8, 4) is 0 Å². The lowest BCUT2D eigenvalue weighted by Crippen LogP contribution is -2.43. The molecule has 0 aliphatic rings. The molecule has 192 valence electrons. The average molecular weight is 518 g/mol. The first-order valence-corrected chi connectivity index (χ1v) is 17.8. The molecule has 9 nitrogen and oxygen atoms in total. The molecule has 0 aromatic rings. The molecule has 2 N–H and O–H groups in total. The van der Waals surface area contributed by atoms with Gasteiger partial charge in [0.25, 0.3) is 0 Å². The highest BCUT2D eigenvalue weighted by Crippen LogP contribution is 2.37. The molecule has 0 radical (unpaired) electrons. The van der Waals surface area contributed by atoms with Crippen LogP contribution in [-0.4, -0.2) is 79.1 Å². The Balaban J connectivity index is 3.86. The Morgan fingerprint density at radius 1 is 0.688 bits per heavy atom. The fraction of sp³-hybridized carbons (Fsp3) is 1.00. The van der Waals surface area contributed by atoms with E-state index >= 15 is 0 Å². The third-order valence-electron chi connectivity index (χ3n) is 5.99. The van der Waals surface area contributed by atoms with Crippen LogP contribution in [0.4, 0.5) is 0 Å². The van der Waals surface area contributed by atoms with Crippen LogP contribution in [0.3, 0.4) is 0 Å². The van der Waals surface area contributed by atoms with Crippen molar-refractivity contribution in [1.29, 1.82) is 0 Å². The highest BCUT2D eigenvalue weighted by Gasteiger charge is 2.38. The molecule has 0 rings (SSSR count). The lowest BCUT2D eigenvalue weighted by molar-refractivity contribution is -0.0617. The number of hydrogen-bond donors (Lipinski definition) is 2. The second-order valence-corrected chi connectivity index (χ2v) is 21.5. The largest absolute Gasteiger partial charge is 0.702 e. The van der Waals surface area contributed by atoms with Gasteiger partial charge in [-0.15, -0.1) is 0 Å². The van der Waals surface area contributed by atoms with Crippen molar-refractivity contribution in [2.45, 2.75) is 90.0 Å². The van der Waals surface area contributed by atoms with Gasteiger partial charge in [0.05, 0.1) is 38.6 Å². The summed E-state index contributed by atoms with van der Waals surface area (Å²) in [5, 5.41) is 20.1. The quantitative estimate of drug-likeness (QED) is 0.133. The Morgan fingerprint density at radius 3 is 1.28 bits per heavy atom. The first kappa shape index (κ1) is 32.2. The molecule has 12 heteroatoms. The number of hydrogen-bond acceptors (Lipinski definition) is 9. The summed E-state index contributed by atoms with van der Waals surface area (Å²) in [6, 6.07) is 0. The molecule has 0 fully saturated rings. The van der Waals surface area contributed by atoms with Gasteiger partial charge in [-0.1, -0.05) is 50.6 Å². The molecule has 0 aromatic carbocycles. The maximum Gasteiger partial charge on any atom is 0.702 e. The molecule has 0 bridgehead atoms. The number of ether oxygens (including phenoxy) is 2. The Hall–Kier alpha value is 0.214. The van der Waals surface area contributed by atoms with E-state index in [9.17, 15) is 14.8 Å². The van der Waals surface area contributed by atoms with Gasteiger partial charge in [0.1, 0.15) is 0 Å². The van der Waals surface area contributed by atoms with E-state index in [1.807, 2.05) is 0 Å². The minimum atomic E-state index is -2.44. The second kappa shape index (κ2) is 13.9. The molecular formula is C20H46O9PSi2+. The summed E-state index contributed by atoms with van der Waals surface area (Å²) in [6.07, 6.45) is -1.60. The summed E-state index contributed by atoms with van der Waals surface area (Å²) in [5.41, 5.74) is 0. The van der Waals surface area contributed by atoms with Crippen LogP contribution in [0.1, 0.15) is 41.5 Å². The molecule has 0 saturated carbocycles. The van der Waals surface area contributed by atoms with Gasteiger partial charge in [-0.05, 0) is 36.3 Å². The highest BCUT2D eigenvalue weighted by molar-refractivity contribution is 7.33. The smallest absolute Gasteiger partial charge is 0.414 e. The third-order valence-corrected chi connectivity index (χ3v) is 15.6. The summed E-state index contributed by atoms with van der Waals surface area (Å²) in [5.74, 6) is 0. The summed E-state index contributed by atoms with van der Waals surface area (Å²) in [7, 11) is -6.31. The van der Waals surface area contributed by atoms with Crippen molar-refractivity contribution in [3.05, 3.63) is 0 Å². The van der Waals surface area contributed by atoms with E-state index in [-0.39, 0.29) is 50.1 Å². The molecule has 0 amide bonds. The zero-order valence-corrected chi connectivity index (χ0v) is 24.5. The topological polar surface area (TPSA) is 113 Å². The van der Waals surface area contributed by atoms with Crippen LogP contribution in [0.25, 0.3) is 0 Å². The predicted octanol–water partition coefficient (Wildman–Crippen LogP) is 4.39. The van der Waals surface area contributed by atoms with E-state index in [1.54, 1.807) is 0 Å². The van der Waals surface area contributed by atoms with Crippen LogP contribution in [-0.2, 0) is 31.9 Å². The van der Waals surface area contributed by atoms with E-state index in [0.29, 0.717) is 0 Å². The molecule has 0 aromatic heterocycles. The van der Waals surface area contributed by atoms with Gasteiger partial charge in [-0.2, -0.15) is 0 Å².